The lowest BCUT2D eigenvalue weighted by Crippen LogP contribution is -2.06. The van der Waals surface area contributed by atoms with E-state index in [0.29, 0.717) is 28.3 Å². The zero-order valence-electron chi connectivity index (χ0n) is 11.9. The summed E-state index contributed by atoms with van der Waals surface area (Å²) in [5.41, 5.74) is -0.0284. The fourth-order valence-electron chi connectivity index (χ4n) is 2.21. The maximum absolute atomic E-state index is 12.7. The van der Waals surface area contributed by atoms with Gasteiger partial charge in [-0.3, -0.25) is 4.79 Å². The van der Waals surface area contributed by atoms with Crippen molar-refractivity contribution in [3.8, 4) is 5.75 Å². The van der Waals surface area contributed by atoms with Crippen LogP contribution in [0.25, 0.3) is 20.2 Å². The molecule has 1 aromatic heterocycles. The Morgan fingerprint density at radius 3 is 2.71 bits per heavy atom. The molecule has 108 valence electrons. The van der Waals surface area contributed by atoms with Gasteiger partial charge in [0.1, 0.15) is 5.75 Å². The van der Waals surface area contributed by atoms with Gasteiger partial charge in [0.15, 0.2) is 5.43 Å². The van der Waals surface area contributed by atoms with Crippen molar-refractivity contribution in [3.63, 3.8) is 0 Å². The van der Waals surface area contributed by atoms with Gasteiger partial charge in [-0.1, -0.05) is 37.6 Å². The van der Waals surface area contributed by atoms with Gasteiger partial charge in [0.25, 0.3) is 0 Å². The number of halogens is 1. The molecule has 2 aromatic carbocycles. The van der Waals surface area contributed by atoms with E-state index in [9.17, 15) is 4.79 Å². The van der Waals surface area contributed by atoms with Crippen molar-refractivity contribution in [2.24, 2.45) is 5.92 Å². The quantitative estimate of drug-likeness (QED) is 0.628. The van der Waals surface area contributed by atoms with E-state index in [1.54, 1.807) is 17.4 Å². The average Bonchev–Trinajstić information content (AvgIpc) is 2.46. The minimum atomic E-state index is -0.0284. The normalized spacial score (nSPS) is 11.4. The molecule has 0 radical (unpaired) electrons. The summed E-state index contributed by atoms with van der Waals surface area (Å²) in [7, 11) is 0. The third-order valence-corrected chi connectivity index (χ3v) is 4.71. The first kappa shape index (κ1) is 14.4. The van der Waals surface area contributed by atoms with Crippen molar-refractivity contribution in [2.75, 3.05) is 6.61 Å². The first-order chi connectivity index (χ1) is 10.1. The number of hydrogen-bond donors (Lipinski definition) is 0. The molecule has 0 aliphatic heterocycles. The second-order valence-electron chi connectivity index (χ2n) is 5.38. The summed E-state index contributed by atoms with van der Waals surface area (Å²) >= 11 is 7.80. The summed E-state index contributed by atoms with van der Waals surface area (Å²) in [5, 5.41) is 1.74. The van der Waals surface area contributed by atoms with Crippen LogP contribution in [0.4, 0.5) is 0 Å². The number of rotatable bonds is 3. The smallest absolute Gasteiger partial charge is 0.197 e. The molecule has 0 saturated carbocycles. The fraction of sp³-hybridized carbons (Fsp3) is 0.235. The molecule has 3 aromatic rings. The topological polar surface area (TPSA) is 26.3 Å². The van der Waals surface area contributed by atoms with Crippen molar-refractivity contribution in [3.05, 3.63) is 51.6 Å². The molecule has 0 unspecified atom stereocenters. The van der Waals surface area contributed by atoms with E-state index in [1.165, 1.54) is 0 Å². The monoisotopic (exact) mass is 318 g/mol. The van der Waals surface area contributed by atoms with Gasteiger partial charge in [-0.15, -0.1) is 11.3 Å². The summed E-state index contributed by atoms with van der Waals surface area (Å²) in [5.74, 6) is 1.16. The number of hydrogen-bond acceptors (Lipinski definition) is 3. The highest BCUT2D eigenvalue weighted by atomic mass is 35.5. The molecule has 0 spiro atoms. The van der Waals surface area contributed by atoms with Crippen molar-refractivity contribution in [1.82, 2.24) is 0 Å². The lowest BCUT2D eigenvalue weighted by molar-refractivity contribution is 0.274. The van der Waals surface area contributed by atoms with E-state index in [0.717, 1.165) is 15.1 Å². The van der Waals surface area contributed by atoms with Gasteiger partial charge in [-0.25, -0.2) is 0 Å². The molecule has 3 rings (SSSR count). The predicted octanol–water partition coefficient (Wildman–Crippen LogP) is 5.10. The molecule has 0 N–H and O–H groups in total. The second-order valence-corrected chi connectivity index (χ2v) is 6.84. The summed E-state index contributed by atoms with van der Waals surface area (Å²) < 4.78 is 7.63. The standard InChI is InChI=1S/C17H15ClO2S/c1-10(2)9-20-13-8-7-12(18)15-16(19)11-5-3-4-6-14(11)21-17(13)15/h3-8,10H,9H2,1-2H3. The molecular weight excluding hydrogens is 304 g/mol. The molecule has 21 heavy (non-hydrogen) atoms. The lowest BCUT2D eigenvalue weighted by atomic mass is 10.1. The van der Waals surface area contributed by atoms with E-state index in [2.05, 4.69) is 13.8 Å². The molecule has 0 aliphatic carbocycles. The van der Waals surface area contributed by atoms with Gasteiger partial charge in [0.2, 0.25) is 0 Å². The van der Waals surface area contributed by atoms with E-state index in [1.807, 2.05) is 30.3 Å². The third kappa shape index (κ3) is 2.63. The van der Waals surface area contributed by atoms with Crippen molar-refractivity contribution < 1.29 is 4.74 Å². The average molecular weight is 319 g/mol. The Hall–Kier alpha value is -1.58. The highest BCUT2D eigenvalue weighted by Gasteiger charge is 2.13. The molecule has 0 saturated heterocycles. The van der Waals surface area contributed by atoms with Crippen LogP contribution in [0.2, 0.25) is 5.02 Å². The maximum atomic E-state index is 12.7. The van der Waals surface area contributed by atoms with Crippen molar-refractivity contribution >= 4 is 43.1 Å². The zero-order valence-corrected chi connectivity index (χ0v) is 13.4. The van der Waals surface area contributed by atoms with Crippen LogP contribution in [0.1, 0.15) is 13.8 Å². The first-order valence-corrected chi connectivity index (χ1v) is 8.04. The Balaban J connectivity index is 2.32. The van der Waals surface area contributed by atoms with E-state index in [-0.39, 0.29) is 5.43 Å². The number of ether oxygens (including phenoxy) is 1. The van der Waals surface area contributed by atoms with Crippen LogP contribution < -0.4 is 10.2 Å². The second kappa shape index (κ2) is 5.66. The molecule has 4 heteroatoms. The van der Waals surface area contributed by atoms with Crippen LogP contribution in [0.15, 0.2) is 41.2 Å². The molecular formula is C17H15ClO2S. The summed E-state index contributed by atoms with van der Waals surface area (Å²) in [4.78, 5) is 12.7. The van der Waals surface area contributed by atoms with E-state index >= 15 is 0 Å². The van der Waals surface area contributed by atoms with E-state index in [4.69, 9.17) is 16.3 Å². The maximum Gasteiger partial charge on any atom is 0.197 e. The minimum absolute atomic E-state index is 0.0284. The zero-order chi connectivity index (χ0) is 15.0. The molecule has 0 atom stereocenters. The van der Waals surface area contributed by atoms with Crippen LogP contribution in [0.5, 0.6) is 5.75 Å². The van der Waals surface area contributed by atoms with Crippen molar-refractivity contribution in [2.45, 2.75) is 13.8 Å². The number of benzene rings is 2. The van der Waals surface area contributed by atoms with Gasteiger partial charge in [0.05, 0.1) is 21.7 Å². The van der Waals surface area contributed by atoms with Crippen LogP contribution in [0, 0.1) is 5.92 Å². The van der Waals surface area contributed by atoms with E-state index < -0.39 is 0 Å². The third-order valence-electron chi connectivity index (χ3n) is 3.21. The van der Waals surface area contributed by atoms with Gasteiger partial charge in [-0.05, 0) is 30.2 Å². The van der Waals surface area contributed by atoms with Gasteiger partial charge in [0, 0.05) is 10.1 Å². The highest BCUT2D eigenvalue weighted by Crippen LogP contribution is 2.35. The molecule has 0 fully saturated rings. The SMILES string of the molecule is CC(C)COc1ccc(Cl)c2c(=O)c3ccccc3sc12. The first-order valence-electron chi connectivity index (χ1n) is 6.85. The Bertz CT molecular complexity index is 868. The summed E-state index contributed by atoms with van der Waals surface area (Å²) in [6.45, 7) is 4.80. The Kier molecular flexibility index (Phi) is 3.87. The van der Waals surface area contributed by atoms with Crippen molar-refractivity contribution in [1.29, 1.82) is 0 Å². The Morgan fingerprint density at radius 1 is 1.19 bits per heavy atom. The fourth-order valence-corrected chi connectivity index (χ4v) is 3.68. The predicted molar refractivity (Wildman–Crippen MR) is 90.9 cm³/mol. The molecule has 0 amide bonds. The van der Waals surface area contributed by atoms with Crippen LogP contribution in [-0.2, 0) is 0 Å². The van der Waals surface area contributed by atoms with Gasteiger partial charge >= 0.3 is 0 Å². The largest absolute Gasteiger partial charge is 0.492 e. The molecule has 0 aliphatic rings. The minimum Gasteiger partial charge on any atom is -0.492 e. The molecule has 1 heterocycles. The van der Waals surface area contributed by atoms with Gasteiger partial charge < -0.3 is 4.74 Å². The van der Waals surface area contributed by atoms with Crippen LogP contribution in [0.3, 0.4) is 0 Å². The summed E-state index contributed by atoms with van der Waals surface area (Å²) in [6, 6.07) is 11.2. The molecule has 2 nitrogen and oxygen atoms in total. The van der Waals surface area contributed by atoms with Crippen LogP contribution in [-0.4, -0.2) is 6.61 Å². The highest BCUT2D eigenvalue weighted by molar-refractivity contribution is 7.25. The van der Waals surface area contributed by atoms with Gasteiger partial charge in [-0.2, -0.15) is 0 Å². The Morgan fingerprint density at radius 2 is 1.95 bits per heavy atom. The Labute approximate surface area is 131 Å². The molecule has 0 bridgehead atoms. The summed E-state index contributed by atoms with van der Waals surface area (Å²) in [6.07, 6.45) is 0. The van der Waals surface area contributed by atoms with Crippen LogP contribution >= 0.6 is 22.9 Å². The number of fused-ring (bicyclic) bond motifs is 2. The lowest BCUT2D eigenvalue weighted by Gasteiger charge is -2.12.